The van der Waals surface area contributed by atoms with E-state index in [9.17, 15) is 4.79 Å². The Labute approximate surface area is 150 Å². The summed E-state index contributed by atoms with van der Waals surface area (Å²) >= 11 is 6.32. The number of hydrogen-bond acceptors (Lipinski definition) is 5. The molecule has 1 N–H and O–H groups in total. The van der Waals surface area contributed by atoms with E-state index in [2.05, 4.69) is 10.3 Å². The molecule has 128 valence electrons. The first-order valence-corrected chi connectivity index (χ1v) is 8.04. The van der Waals surface area contributed by atoms with Crippen molar-refractivity contribution in [2.24, 2.45) is 0 Å². The van der Waals surface area contributed by atoms with Crippen molar-refractivity contribution in [3.05, 3.63) is 64.7 Å². The third kappa shape index (κ3) is 3.83. The van der Waals surface area contributed by atoms with Gasteiger partial charge in [0.25, 0.3) is 0 Å². The van der Waals surface area contributed by atoms with Gasteiger partial charge in [0, 0.05) is 11.9 Å². The molecular formula is C19H17ClN2O3. The van der Waals surface area contributed by atoms with Crippen LogP contribution in [0.2, 0.25) is 5.02 Å². The maximum Gasteiger partial charge on any atom is 0.337 e. The Balaban J connectivity index is 1.81. The lowest BCUT2D eigenvalue weighted by Crippen LogP contribution is -2.03. The number of nitrogens with zero attached hydrogens (tertiary/aromatic N) is 1. The van der Waals surface area contributed by atoms with Gasteiger partial charge in [-0.1, -0.05) is 23.7 Å². The van der Waals surface area contributed by atoms with Gasteiger partial charge >= 0.3 is 5.97 Å². The number of methoxy groups -OCH3 is 2. The molecule has 0 saturated carbocycles. The van der Waals surface area contributed by atoms with Crippen molar-refractivity contribution in [1.82, 2.24) is 4.98 Å². The Morgan fingerprint density at radius 1 is 1.12 bits per heavy atom. The molecule has 1 aromatic heterocycles. The van der Waals surface area contributed by atoms with E-state index in [4.69, 9.17) is 21.1 Å². The number of hydrogen-bond donors (Lipinski definition) is 1. The van der Waals surface area contributed by atoms with Crippen LogP contribution in [0.4, 0.5) is 5.82 Å². The van der Waals surface area contributed by atoms with E-state index in [0.717, 1.165) is 22.2 Å². The van der Waals surface area contributed by atoms with E-state index < -0.39 is 0 Å². The van der Waals surface area contributed by atoms with E-state index in [1.54, 1.807) is 31.4 Å². The molecule has 0 aliphatic heterocycles. The quantitative estimate of drug-likeness (QED) is 0.691. The van der Waals surface area contributed by atoms with Crippen molar-refractivity contribution < 1.29 is 14.3 Å². The second-order valence-electron chi connectivity index (χ2n) is 5.42. The molecule has 5 nitrogen and oxygen atoms in total. The summed E-state index contributed by atoms with van der Waals surface area (Å²) in [5.41, 5.74) is 2.29. The largest absolute Gasteiger partial charge is 0.497 e. The number of pyridine rings is 1. The zero-order chi connectivity index (χ0) is 17.8. The molecule has 0 fully saturated rings. The summed E-state index contributed by atoms with van der Waals surface area (Å²) in [4.78, 5) is 16.1. The van der Waals surface area contributed by atoms with Gasteiger partial charge in [0.2, 0.25) is 0 Å². The fraction of sp³-hybridized carbons (Fsp3) is 0.158. The van der Waals surface area contributed by atoms with E-state index in [-0.39, 0.29) is 5.97 Å². The van der Waals surface area contributed by atoms with Gasteiger partial charge in [0.1, 0.15) is 11.6 Å². The van der Waals surface area contributed by atoms with Gasteiger partial charge in [0.15, 0.2) is 0 Å². The van der Waals surface area contributed by atoms with Crippen LogP contribution >= 0.6 is 11.6 Å². The van der Waals surface area contributed by atoms with Crippen LogP contribution < -0.4 is 10.1 Å². The predicted molar refractivity (Wildman–Crippen MR) is 98.4 cm³/mol. The molecular weight excluding hydrogens is 340 g/mol. The lowest BCUT2D eigenvalue weighted by Gasteiger charge is -2.10. The summed E-state index contributed by atoms with van der Waals surface area (Å²) in [5, 5.41) is 4.50. The molecule has 0 saturated heterocycles. The summed E-state index contributed by atoms with van der Waals surface area (Å²) in [5.74, 6) is 1.02. The van der Waals surface area contributed by atoms with Crippen molar-refractivity contribution in [1.29, 1.82) is 0 Å². The Kier molecular flexibility index (Phi) is 5.05. The zero-order valence-electron chi connectivity index (χ0n) is 13.9. The van der Waals surface area contributed by atoms with Crippen LogP contribution in [0, 0.1) is 0 Å². The van der Waals surface area contributed by atoms with Crippen LogP contribution in [0.15, 0.2) is 48.5 Å². The van der Waals surface area contributed by atoms with E-state index in [0.29, 0.717) is 22.9 Å². The van der Waals surface area contributed by atoms with Gasteiger partial charge in [-0.05, 0) is 42.0 Å². The summed E-state index contributed by atoms with van der Waals surface area (Å²) in [6, 6.07) is 14.7. The van der Waals surface area contributed by atoms with Crippen LogP contribution in [-0.2, 0) is 11.3 Å². The Morgan fingerprint density at radius 3 is 2.56 bits per heavy atom. The van der Waals surface area contributed by atoms with Crippen molar-refractivity contribution in [2.45, 2.75) is 6.54 Å². The number of anilines is 1. The number of esters is 1. The van der Waals surface area contributed by atoms with Crippen LogP contribution in [-0.4, -0.2) is 25.2 Å². The van der Waals surface area contributed by atoms with Gasteiger partial charge in [0.05, 0.1) is 30.3 Å². The number of ether oxygens (including phenoxy) is 2. The average molecular weight is 357 g/mol. The molecule has 0 aliphatic carbocycles. The molecule has 0 atom stereocenters. The number of carbonyl (C=O) groups excluding carboxylic acids is 1. The monoisotopic (exact) mass is 356 g/mol. The molecule has 6 heteroatoms. The number of nitrogens with one attached hydrogen (secondary N) is 1. The molecule has 3 aromatic rings. The standard InChI is InChI=1S/C19H17ClN2O3/c1-24-15-6-3-12(4-7-15)11-21-18-16(20)10-14-9-13(19(23)25-2)5-8-17(14)22-18/h3-10H,11H2,1-2H3,(H,21,22). The van der Waals surface area contributed by atoms with E-state index in [1.807, 2.05) is 24.3 Å². The first-order chi connectivity index (χ1) is 12.1. The number of fused-ring (bicyclic) bond motifs is 1. The van der Waals surface area contributed by atoms with Gasteiger partial charge in [-0.15, -0.1) is 0 Å². The van der Waals surface area contributed by atoms with E-state index in [1.165, 1.54) is 7.11 Å². The number of aromatic nitrogens is 1. The van der Waals surface area contributed by atoms with Gasteiger partial charge in [-0.3, -0.25) is 0 Å². The fourth-order valence-electron chi connectivity index (χ4n) is 2.45. The zero-order valence-corrected chi connectivity index (χ0v) is 14.6. The highest BCUT2D eigenvalue weighted by atomic mass is 35.5. The molecule has 25 heavy (non-hydrogen) atoms. The normalized spacial score (nSPS) is 10.5. The predicted octanol–water partition coefficient (Wildman–Crippen LogP) is 4.30. The van der Waals surface area contributed by atoms with Crippen LogP contribution in [0.5, 0.6) is 5.75 Å². The second-order valence-corrected chi connectivity index (χ2v) is 5.83. The molecule has 1 heterocycles. The highest BCUT2D eigenvalue weighted by Gasteiger charge is 2.09. The maximum absolute atomic E-state index is 11.6. The minimum Gasteiger partial charge on any atom is -0.497 e. The molecule has 0 amide bonds. The average Bonchev–Trinajstić information content (AvgIpc) is 2.65. The number of halogens is 1. The Hall–Kier alpha value is -2.79. The van der Waals surface area contributed by atoms with Crippen molar-refractivity contribution in [3.63, 3.8) is 0 Å². The molecule has 0 unspecified atom stereocenters. The topological polar surface area (TPSA) is 60.5 Å². The van der Waals surface area contributed by atoms with Gasteiger partial charge < -0.3 is 14.8 Å². The molecule has 3 rings (SSSR count). The molecule has 2 aromatic carbocycles. The lowest BCUT2D eigenvalue weighted by atomic mass is 10.1. The maximum atomic E-state index is 11.6. The highest BCUT2D eigenvalue weighted by Crippen LogP contribution is 2.26. The van der Waals surface area contributed by atoms with Crippen molar-refractivity contribution in [3.8, 4) is 5.75 Å². The molecule has 0 aliphatic rings. The number of carbonyl (C=O) groups is 1. The summed E-state index contributed by atoms with van der Waals surface area (Å²) in [6.07, 6.45) is 0. The summed E-state index contributed by atoms with van der Waals surface area (Å²) in [6.45, 7) is 0.586. The first kappa shape index (κ1) is 17.0. The number of benzene rings is 2. The summed E-state index contributed by atoms with van der Waals surface area (Å²) < 4.78 is 9.88. The third-order valence-electron chi connectivity index (χ3n) is 3.81. The third-order valence-corrected chi connectivity index (χ3v) is 4.10. The van der Waals surface area contributed by atoms with Gasteiger partial charge in [-0.2, -0.15) is 0 Å². The molecule has 0 radical (unpaired) electrons. The highest BCUT2D eigenvalue weighted by molar-refractivity contribution is 6.33. The van der Waals surface area contributed by atoms with Crippen molar-refractivity contribution in [2.75, 3.05) is 19.5 Å². The molecule has 0 bridgehead atoms. The fourth-order valence-corrected chi connectivity index (χ4v) is 2.68. The van der Waals surface area contributed by atoms with E-state index >= 15 is 0 Å². The SMILES string of the molecule is COC(=O)c1ccc2nc(NCc3ccc(OC)cc3)c(Cl)cc2c1. The Morgan fingerprint density at radius 2 is 1.88 bits per heavy atom. The minimum atomic E-state index is -0.389. The van der Waals surface area contributed by atoms with Crippen molar-refractivity contribution >= 4 is 34.3 Å². The second kappa shape index (κ2) is 7.40. The van der Waals surface area contributed by atoms with Crippen LogP contribution in [0.25, 0.3) is 10.9 Å². The summed E-state index contributed by atoms with van der Waals surface area (Å²) in [7, 11) is 2.99. The number of rotatable bonds is 5. The minimum absolute atomic E-state index is 0.389. The van der Waals surface area contributed by atoms with Crippen LogP contribution in [0.1, 0.15) is 15.9 Å². The lowest BCUT2D eigenvalue weighted by molar-refractivity contribution is 0.0601. The Bertz CT molecular complexity index is 910. The molecule has 0 spiro atoms. The van der Waals surface area contributed by atoms with Gasteiger partial charge in [-0.25, -0.2) is 9.78 Å². The smallest absolute Gasteiger partial charge is 0.337 e. The first-order valence-electron chi connectivity index (χ1n) is 7.66. The van der Waals surface area contributed by atoms with Crippen LogP contribution in [0.3, 0.4) is 0 Å².